The number of ether oxygens (including phenoxy) is 1. The predicted molar refractivity (Wildman–Crippen MR) is 123 cm³/mol. The number of rotatable bonds is 7. The number of hydrogen-bond donors (Lipinski definition) is 2. The van der Waals surface area contributed by atoms with E-state index in [9.17, 15) is 13.2 Å². The van der Waals surface area contributed by atoms with Crippen LogP contribution in [0.5, 0.6) is 5.75 Å². The summed E-state index contributed by atoms with van der Waals surface area (Å²) >= 11 is 0. The van der Waals surface area contributed by atoms with Crippen molar-refractivity contribution >= 4 is 27.6 Å². The van der Waals surface area contributed by atoms with Crippen molar-refractivity contribution < 1.29 is 22.4 Å². The average Bonchev–Trinajstić information content (AvgIpc) is 3.28. The summed E-state index contributed by atoms with van der Waals surface area (Å²) in [6.07, 6.45) is 0. The van der Waals surface area contributed by atoms with Crippen molar-refractivity contribution in [3.05, 3.63) is 83.9 Å². The van der Waals surface area contributed by atoms with Crippen LogP contribution in [0, 0.1) is 6.92 Å². The minimum Gasteiger partial charge on any atom is -0.497 e. The molecule has 1 amide bonds. The van der Waals surface area contributed by atoms with E-state index in [2.05, 4.69) is 20.2 Å². The molecule has 168 valence electrons. The average molecular weight is 465 g/mol. The molecule has 1 aromatic heterocycles. The molecule has 0 atom stereocenters. The maximum Gasteiger partial charge on any atom is 0.322 e. The molecular formula is C23H20N4O5S. The van der Waals surface area contributed by atoms with Crippen molar-refractivity contribution in [3.8, 4) is 17.2 Å². The number of nitrogens with zero attached hydrogens (tertiary/aromatic N) is 2. The molecule has 0 fully saturated rings. The molecular weight excluding hydrogens is 444 g/mol. The standard InChI is InChI=1S/C23H20N4O5S/c1-15-10-12-18(13-11-15)33(29,30)27-20-9-4-3-8-19(20)21(28)24-23-26-25-22(32-23)16-6-5-7-17(14-16)31-2/h3-14,27H,1-2H3,(H,24,26,28). The predicted octanol–water partition coefficient (Wildman–Crippen LogP) is 4.11. The maximum atomic E-state index is 12.9. The molecule has 4 rings (SSSR count). The fourth-order valence-electron chi connectivity index (χ4n) is 3.00. The Morgan fingerprint density at radius 3 is 2.48 bits per heavy atom. The largest absolute Gasteiger partial charge is 0.497 e. The monoisotopic (exact) mass is 464 g/mol. The van der Waals surface area contributed by atoms with Gasteiger partial charge in [0.15, 0.2) is 0 Å². The number of nitrogens with one attached hydrogen (secondary N) is 2. The van der Waals surface area contributed by atoms with Crippen molar-refractivity contribution in [1.29, 1.82) is 0 Å². The summed E-state index contributed by atoms with van der Waals surface area (Å²) in [7, 11) is -2.35. The van der Waals surface area contributed by atoms with Crippen LogP contribution < -0.4 is 14.8 Å². The highest BCUT2D eigenvalue weighted by atomic mass is 32.2. The van der Waals surface area contributed by atoms with Crippen LogP contribution in [-0.2, 0) is 10.0 Å². The fraction of sp³-hybridized carbons (Fsp3) is 0.0870. The number of aryl methyl sites for hydroxylation is 1. The Labute approximate surface area is 190 Å². The van der Waals surface area contributed by atoms with Crippen molar-refractivity contribution in [2.45, 2.75) is 11.8 Å². The number of para-hydroxylation sites is 1. The zero-order chi connectivity index (χ0) is 23.4. The molecule has 0 radical (unpaired) electrons. The summed E-state index contributed by atoms with van der Waals surface area (Å²) in [6, 6.07) is 19.5. The first-order valence-corrected chi connectivity index (χ1v) is 11.3. The minimum absolute atomic E-state index is 0.0862. The van der Waals surface area contributed by atoms with E-state index in [0.29, 0.717) is 11.3 Å². The lowest BCUT2D eigenvalue weighted by Crippen LogP contribution is -2.18. The van der Waals surface area contributed by atoms with Crippen LogP contribution in [0.3, 0.4) is 0 Å². The molecule has 0 aliphatic rings. The zero-order valence-electron chi connectivity index (χ0n) is 17.8. The molecule has 0 aliphatic carbocycles. The molecule has 0 saturated carbocycles. The van der Waals surface area contributed by atoms with Gasteiger partial charge in [0, 0.05) is 5.56 Å². The van der Waals surface area contributed by atoms with Crippen molar-refractivity contribution in [1.82, 2.24) is 10.2 Å². The molecule has 0 bridgehead atoms. The normalized spacial score (nSPS) is 11.1. The third kappa shape index (κ3) is 5.01. The molecule has 10 heteroatoms. The van der Waals surface area contributed by atoms with Gasteiger partial charge < -0.3 is 9.15 Å². The van der Waals surface area contributed by atoms with E-state index in [1.807, 2.05) is 6.92 Å². The summed E-state index contributed by atoms with van der Waals surface area (Å²) in [6.45, 7) is 1.86. The van der Waals surface area contributed by atoms with Gasteiger partial charge in [-0.15, -0.1) is 5.10 Å². The van der Waals surface area contributed by atoms with Gasteiger partial charge in [-0.2, -0.15) is 0 Å². The van der Waals surface area contributed by atoms with Crippen LogP contribution >= 0.6 is 0 Å². The first-order valence-electron chi connectivity index (χ1n) is 9.83. The lowest BCUT2D eigenvalue weighted by molar-refractivity contribution is 0.102. The van der Waals surface area contributed by atoms with Gasteiger partial charge in [0.05, 0.1) is 23.3 Å². The molecule has 1 heterocycles. The van der Waals surface area contributed by atoms with Crippen LogP contribution in [0.25, 0.3) is 11.5 Å². The summed E-state index contributed by atoms with van der Waals surface area (Å²) in [4.78, 5) is 12.9. The molecule has 0 unspecified atom stereocenters. The molecule has 9 nitrogen and oxygen atoms in total. The van der Waals surface area contributed by atoms with Gasteiger partial charge in [0.1, 0.15) is 5.75 Å². The Balaban J connectivity index is 1.54. The lowest BCUT2D eigenvalue weighted by atomic mass is 10.2. The second-order valence-corrected chi connectivity index (χ2v) is 8.74. The Morgan fingerprint density at radius 2 is 1.73 bits per heavy atom. The number of carbonyl (C=O) groups is 1. The van der Waals surface area contributed by atoms with Gasteiger partial charge >= 0.3 is 6.01 Å². The molecule has 3 aromatic carbocycles. The van der Waals surface area contributed by atoms with E-state index in [1.165, 1.54) is 24.3 Å². The topological polar surface area (TPSA) is 123 Å². The highest BCUT2D eigenvalue weighted by molar-refractivity contribution is 7.92. The van der Waals surface area contributed by atoms with E-state index >= 15 is 0 Å². The molecule has 33 heavy (non-hydrogen) atoms. The summed E-state index contributed by atoms with van der Waals surface area (Å²) in [5.41, 5.74) is 1.76. The van der Waals surface area contributed by atoms with Gasteiger partial charge in [-0.3, -0.25) is 14.8 Å². The Hall–Kier alpha value is -4.18. The number of hydrogen-bond acceptors (Lipinski definition) is 7. The van der Waals surface area contributed by atoms with Crippen LogP contribution in [-0.4, -0.2) is 31.6 Å². The van der Waals surface area contributed by atoms with E-state index < -0.39 is 15.9 Å². The fourth-order valence-corrected chi connectivity index (χ4v) is 4.08. The van der Waals surface area contributed by atoms with Crippen molar-refractivity contribution in [2.75, 3.05) is 17.1 Å². The van der Waals surface area contributed by atoms with Crippen LogP contribution in [0.2, 0.25) is 0 Å². The molecule has 0 saturated heterocycles. The van der Waals surface area contributed by atoms with E-state index in [0.717, 1.165) is 5.56 Å². The summed E-state index contributed by atoms with van der Waals surface area (Å²) in [5.74, 6) is 0.196. The number of carbonyl (C=O) groups excluding carboxylic acids is 1. The van der Waals surface area contributed by atoms with Gasteiger partial charge in [0.2, 0.25) is 5.89 Å². The first kappa shape index (κ1) is 22.0. The van der Waals surface area contributed by atoms with Gasteiger partial charge in [0.25, 0.3) is 15.9 Å². The third-order valence-corrected chi connectivity index (χ3v) is 6.09. The number of aromatic nitrogens is 2. The van der Waals surface area contributed by atoms with E-state index in [-0.39, 0.29) is 28.1 Å². The molecule has 2 N–H and O–H groups in total. The molecule has 0 aliphatic heterocycles. The van der Waals surface area contributed by atoms with Crippen LogP contribution in [0.4, 0.5) is 11.7 Å². The highest BCUT2D eigenvalue weighted by Gasteiger charge is 2.20. The SMILES string of the molecule is COc1cccc(-c2nnc(NC(=O)c3ccccc3NS(=O)(=O)c3ccc(C)cc3)o2)c1. The summed E-state index contributed by atoms with van der Waals surface area (Å²) in [5, 5.41) is 10.3. The van der Waals surface area contributed by atoms with Gasteiger partial charge in [-0.1, -0.05) is 41.0 Å². The Kier molecular flexibility index (Phi) is 6.09. The lowest BCUT2D eigenvalue weighted by Gasteiger charge is -2.12. The van der Waals surface area contributed by atoms with E-state index in [1.54, 1.807) is 55.6 Å². The zero-order valence-corrected chi connectivity index (χ0v) is 18.6. The second kappa shape index (κ2) is 9.13. The summed E-state index contributed by atoms with van der Waals surface area (Å²) < 4.78 is 38.7. The third-order valence-electron chi connectivity index (χ3n) is 4.71. The first-order chi connectivity index (χ1) is 15.9. The molecule has 0 spiro atoms. The second-order valence-electron chi connectivity index (χ2n) is 7.06. The smallest absolute Gasteiger partial charge is 0.322 e. The van der Waals surface area contributed by atoms with Crippen LogP contribution in [0.15, 0.2) is 82.1 Å². The van der Waals surface area contributed by atoms with Crippen molar-refractivity contribution in [3.63, 3.8) is 0 Å². The quantitative estimate of drug-likeness (QED) is 0.422. The van der Waals surface area contributed by atoms with E-state index in [4.69, 9.17) is 9.15 Å². The Bertz CT molecular complexity index is 1400. The maximum absolute atomic E-state index is 12.9. The number of benzene rings is 3. The van der Waals surface area contributed by atoms with Gasteiger partial charge in [-0.05, 0) is 49.4 Å². The van der Waals surface area contributed by atoms with Gasteiger partial charge in [-0.25, -0.2) is 8.42 Å². The van der Waals surface area contributed by atoms with Crippen LogP contribution in [0.1, 0.15) is 15.9 Å². The number of methoxy groups -OCH3 is 1. The minimum atomic E-state index is -3.89. The van der Waals surface area contributed by atoms with Crippen molar-refractivity contribution in [2.24, 2.45) is 0 Å². The number of amides is 1. The number of sulfonamides is 1. The molecule has 4 aromatic rings. The Morgan fingerprint density at radius 1 is 0.970 bits per heavy atom. The number of anilines is 2. The highest BCUT2D eigenvalue weighted by Crippen LogP contribution is 2.25.